The van der Waals surface area contributed by atoms with Gasteiger partial charge in [0.2, 0.25) is 0 Å². The van der Waals surface area contributed by atoms with Gasteiger partial charge < -0.3 is 10.6 Å². The number of nitrogens with two attached hydrogens (primary N) is 1. The van der Waals surface area contributed by atoms with Crippen LogP contribution in [-0.4, -0.2) is 17.9 Å². The van der Waals surface area contributed by atoms with Gasteiger partial charge in [0.05, 0.1) is 0 Å². The van der Waals surface area contributed by atoms with Gasteiger partial charge in [-0.15, -0.1) is 0 Å². The molecule has 6 heteroatoms. The van der Waals surface area contributed by atoms with Crippen molar-refractivity contribution in [2.24, 2.45) is 0 Å². The number of amides is 1. The Morgan fingerprint density at radius 1 is 1.19 bits per heavy atom. The molecule has 1 amide bonds. The molecular weight excluding hydrogens is 342 g/mol. The summed E-state index contributed by atoms with van der Waals surface area (Å²) in [4.78, 5) is 13.7. The van der Waals surface area contributed by atoms with Crippen LogP contribution in [0.2, 0.25) is 0 Å². The number of benzene rings is 2. The summed E-state index contributed by atoms with van der Waals surface area (Å²) in [5.41, 5.74) is 7.09. The Hall–Kier alpha value is -1.95. The van der Waals surface area contributed by atoms with Gasteiger partial charge in [0, 0.05) is 29.3 Å². The maximum atomic E-state index is 13.2. The average Bonchev–Trinajstić information content (AvgIpc) is 2.41. The third-order valence-corrected chi connectivity index (χ3v) is 3.38. The molecule has 0 bridgehead atoms. The van der Waals surface area contributed by atoms with Crippen LogP contribution in [-0.2, 0) is 6.54 Å². The van der Waals surface area contributed by atoms with E-state index in [0.717, 1.165) is 12.1 Å². The number of carbonyl (C=O) groups is 1. The van der Waals surface area contributed by atoms with Crippen LogP contribution in [0.3, 0.4) is 0 Å². The Labute approximate surface area is 129 Å². The predicted octanol–water partition coefficient (Wildman–Crippen LogP) is 3.58. The standard InChI is InChI=1S/C15H13BrF2N2O/c1-20(8-9-2-3-13(17)14(18)4-9)15(21)10-5-11(16)7-12(19)6-10/h2-7H,8,19H2,1H3. The van der Waals surface area contributed by atoms with Crippen LogP contribution in [0.5, 0.6) is 0 Å². The van der Waals surface area contributed by atoms with Crippen molar-refractivity contribution in [3.63, 3.8) is 0 Å². The predicted molar refractivity (Wildman–Crippen MR) is 80.7 cm³/mol. The number of carbonyl (C=O) groups excluding carboxylic acids is 1. The third kappa shape index (κ3) is 3.78. The molecule has 2 aromatic carbocycles. The largest absolute Gasteiger partial charge is 0.399 e. The molecule has 0 aliphatic heterocycles. The molecule has 0 aliphatic carbocycles. The van der Waals surface area contributed by atoms with Crippen LogP contribution in [0.1, 0.15) is 15.9 Å². The first-order valence-corrected chi connectivity index (χ1v) is 6.91. The van der Waals surface area contributed by atoms with E-state index in [1.807, 2.05) is 0 Å². The Morgan fingerprint density at radius 3 is 2.52 bits per heavy atom. The van der Waals surface area contributed by atoms with Gasteiger partial charge in [0.15, 0.2) is 11.6 Å². The normalized spacial score (nSPS) is 10.5. The lowest BCUT2D eigenvalue weighted by atomic mass is 10.1. The molecule has 2 rings (SSSR count). The van der Waals surface area contributed by atoms with E-state index in [4.69, 9.17) is 5.73 Å². The van der Waals surface area contributed by atoms with Crippen LogP contribution in [0.4, 0.5) is 14.5 Å². The van der Waals surface area contributed by atoms with Crippen molar-refractivity contribution >= 4 is 27.5 Å². The molecule has 0 fully saturated rings. The second-order valence-corrected chi connectivity index (χ2v) is 5.60. The summed E-state index contributed by atoms with van der Waals surface area (Å²) in [5.74, 6) is -2.10. The lowest BCUT2D eigenvalue weighted by Crippen LogP contribution is -2.26. The summed E-state index contributed by atoms with van der Waals surface area (Å²) < 4.78 is 26.7. The number of hydrogen-bond acceptors (Lipinski definition) is 2. The molecular formula is C15H13BrF2N2O. The Kier molecular flexibility index (Phi) is 4.57. The quantitative estimate of drug-likeness (QED) is 0.856. The molecule has 0 radical (unpaired) electrons. The maximum Gasteiger partial charge on any atom is 0.254 e. The van der Waals surface area contributed by atoms with Gasteiger partial charge in [0.25, 0.3) is 5.91 Å². The molecule has 0 aromatic heterocycles. The first-order chi connectivity index (χ1) is 9.86. The molecule has 0 saturated heterocycles. The van der Waals surface area contributed by atoms with Gasteiger partial charge >= 0.3 is 0 Å². The molecule has 2 N–H and O–H groups in total. The monoisotopic (exact) mass is 354 g/mol. The first-order valence-electron chi connectivity index (χ1n) is 6.12. The fraction of sp³-hybridized carbons (Fsp3) is 0.133. The van der Waals surface area contributed by atoms with Crippen LogP contribution in [0.25, 0.3) is 0 Å². The summed E-state index contributed by atoms with van der Waals surface area (Å²) >= 11 is 3.27. The lowest BCUT2D eigenvalue weighted by molar-refractivity contribution is 0.0785. The molecule has 0 aliphatic rings. The van der Waals surface area contributed by atoms with E-state index in [-0.39, 0.29) is 12.5 Å². The minimum absolute atomic E-state index is 0.169. The molecule has 0 spiro atoms. The highest BCUT2D eigenvalue weighted by atomic mass is 79.9. The second kappa shape index (κ2) is 6.22. The summed E-state index contributed by atoms with van der Waals surface area (Å²) in [5, 5.41) is 0. The minimum Gasteiger partial charge on any atom is -0.399 e. The highest BCUT2D eigenvalue weighted by molar-refractivity contribution is 9.10. The van der Waals surface area contributed by atoms with Gasteiger partial charge in [0.1, 0.15) is 0 Å². The van der Waals surface area contributed by atoms with Gasteiger partial charge in [-0.3, -0.25) is 4.79 Å². The number of nitrogens with zero attached hydrogens (tertiary/aromatic N) is 1. The van der Waals surface area contributed by atoms with Crippen molar-refractivity contribution in [1.82, 2.24) is 4.90 Å². The molecule has 0 heterocycles. The zero-order valence-electron chi connectivity index (χ0n) is 11.2. The van der Waals surface area contributed by atoms with E-state index in [1.165, 1.54) is 11.0 Å². The second-order valence-electron chi connectivity index (χ2n) is 4.68. The van der Waals surface area contributed by atoms with Crippen molar-refractivity contribution in [3.8, 4) is 0 Å². The number of anilines is 1. The molecule has 0 saturated carbocycles. The third-order valence-electron chi connectivity index (χ3n) is 2.92. The summed E-state index contributed by atoms with van der Waals surface area (Å²) in [6.45, 7) is 0.169. The molecule has 3 nitrogen and oxygen atoms in total. The lowest BCUT2D eigenvalue weighted by Gasteiger charge is -2.18. The van der Waals surface area contributed by atoms with Crippen molar-refractivity contribution in [3.05, 3.63) is 63.6 Å². The average molecular weight is 355 g/mol. The van der Waals surface area contributed by atoms with E-state index >= 15 is 0 Å². The zero-order valence-corrected chi connectivity index (χ0v) is 12.8. The highest BCUT2D eigenvalue weighted by Crippen LogP contribution is 2.19. The number of rotatable bonds is 3. The van der Waals surface area contributed by atoms with Gasteiger partial charge in [-0.05, 0) is 35.9 Å². The highest BCUT2D eigenvalue weighted by Gasteiger charge is 2.14. The molecule has 0 unspecified atom stereocenters. The van der Waals surface area contributed by atoms with Crippen molar-refractivity contribution in [2.75, 3.05) is 12.8 Å². The van der Waals surface area contributed by atoms with Crippen molar-refractivity contribution in [1.29, 1.82) is 0 Å². The van der Waals surface area contributed by atoms with E-state index in [0.29, 0.717) is 21.3 Å². The van der Waals surface area contributed by atoms with Crippen molar-refractivity contribution in [2.45, 2.75) is 6.54 Å². The van der Waals surface area contributed by atoms with E-state index in [1.54, 1.807) is 25.2 Å². The Bertz CT molecular complexity index is 671. The molecule has 2 aromatic rings. The van der Waals surface area contributed by atoms with Gasteiger partial charge in [-0.2, -0.15) is 0 Å². The number of nitrogen functional groups attached to an aromatic ring is 1. The smallest absolute Gasteiger partial charge is 0.254 e. The summed E-state index contributed by atoms with van der Waals surface area (Å²) in [7, 11) is 1.58. The number of halogens is 3. The van der Waals surface area contributed by atoms with E-state index in [9.17, 15) is 13.6 Å². The minimum atomic E-state index is -0.931. The van der Waals surface area contributed by atoms with Crippen LogP contribution < -0.4 is 5.73 Å². The van der Waals surface area contributed by atoms with Gasteiger partial charge in [-0.1, -0.05) is 22.0 Å². The Morgan fingerprint density at radius 2 is 1.90 bits per heavy atom. The number of hydrogen-bond donors (Lipinski definition) is 1. The van der Waals surface area contributed by atoms with E-state index < -0.39 is 11.6 Å². The fourth-order valence-corrected chi connectivity index (χ4v) is 2.45. The van der Waals surface area contributed by atoms with Crippen LogP contribution >= 0.6 is 15.9 Å². The molecule has 0 atom stereocenters. The molecule has 21 heavy (non-hydrogen) atoms. The summed E-state index contributed by atoms with van der Waals surface area (Å²) in [6.07, 6.45) is 0. The SMILES string of the molecule is CN(Cc1ccc(F)c(F)c1)C(=O)c1cc(N)cc(Br)c1. The zero-order chi connectivity index (χ0) is 15.6. The maximum absolute atomic E-state index is 13.2. The Balaban J connectivity index is 2.17. The van der Waals surface area contributed by atoms with Crippen LogP contribution in [0.15, 0.2) is 40.9 Å². The van der Waals surface area contributed by atoms with Gasteiger partial charge in [-0.25, -0.2) is 8.78 Å². The molecule has 110 valence electrons. The first kappa shape index (κ1) is 15.4. The van der Waals surface area contributed by atoms with Crippen LogP contribution in [0, 0.1) is 11.6 Å². The van der Waals surface area contributed by atoms with E-state index in [2.05, 4.69) is 15.9 Å². The fourth-order valence-electron chi connectivity index (χ4n) is 1.94. The van der Waals surface area contributed by atoms with Crippen molar-refractivity contribution < 1.29 is 13.6 Å². The topological polar surface area (TPSA) is 46.3 Å². The summed E-state index contributed by atoms with van der Waals surface area (Å²) in [6, 6.07) is 8.47.